The first kappa shape index (κ1) is 13.9. The smallest absolute Gasteiger partial charge is 0.417 e. The molecule has 0 radical (unpaired) electrons. The van der Waals surface area contributed by atoms with Crippen molar-refractivity contribution in [2.45, 2.75) is 6.42 Å². The number of hydrogen-bond donors (Lipinski definition) is 2. The molecule has 0 fully saturated rings. The van der Waals surface area contributed by atoms with Crippen molar-refractivity contribution in [1.29, 1.82) is 0 Å². The van der Waals surface area contributed by atoms with E-state index in [4.69, 9.17) is 9.47 Å². The highest BCUT2D eigenvalue weighted by molar-refractivity contribution is 5.95. The van der Waals surface area contributed by atoms with Crippen molar-refractivity contribution in [3.63, 3.8) is 0 Å². The Hall–Kier alpha value is -3.02. The number of fused-ring (bicyclic) bond motifs is 1. The third-order valence-corrected chi connectivity index (χ3v) is 3.04. The summed E-state index contributed by atoms with van der Waals surface area (Å²) in [5.74, 6) is 0.905. The summed E-state index contributed by atoms with van der Waals surface area (Å²) in [7, 11) is 0. The van der Waals surface area contributed by atoms with E-state index in [1.165, 1.54) is 0 Å². The zero-order valence-electron chi connectivity index (χ0n) is 11.7. The summed E-state index contributed by atoms with van der Waals surface area (Å²) in [6.45, 7) is 0.335. The average molecular weight is 298 g/mol. The van der Waals surface area contributed by atoms with Crippen molar-refractivity contribution in [3.05, 3.63) is 48.5 Å². The summed E-state index contributed by atoms with van der Waals surface area (Å²) in [6.07, 6.45) is -0.306. The van der Waals surface area contributed by atoms with Crippen LogP contribution in [0.2, 0.25) is 0 Å². The Bertz CT molecular complexity index is 701. The molecule has 1 aliphatic rings. The monoisotopic (exact) mass is 298 g/mol. The number of ether oxygens (including phenoxy) is 2. The van der Waals surface area contributed by atoms with Crippen LogP contribution in [0.25, 0.3) is 0 Å². The maximum atomic E-state index is 11.8. The van der Waals surface area contributed by atoms with Crippen molar-refractivity contribution in [1.82, 2.24) is 0 Å². The number of para-hydroxylation sites is 1. The second-order valence-electron chi connectivity index (χ2n) is 4.69. The molecule has 0 saturated heterocycles. The van der Waals surface area contributed by atoms with Crippen LogP contribution in [0.1, 0.15) is 6.42 Å². The van der Waals surface area contributed by atoms with Gasteiger partial charge in [0.05, 0.1) is 18.7 Å². The van der Waals surface area contributed by atoms with Gasteiger partial charge in [0, 0.05) is 5.69 Å². The second kappa shape index (κ2) is 6.17. The van der Waals surface area contributed by atoms with Crippen molar-refractivity contribution in [2.75, 3.05) is 17.2 Å². The summed E-state index contributed by atoms with van der Waals surface area (Å²) in [6, 6.07) is 13.8. The van der Waals surface area contributed by atoms with E-state index in [0.717, 1.165) is 0 Å². The number of hydrogen-bond acceptors (Lipinski definition) is 4. The van der Waals surface area contributed by atoms with E-state index in [1.807, 2.05) is 6.07 Å². The van der Waals surface area contributed by atoms with Crippen LogP contribution in [0.4, 0.5) is 16.2 Å². The van der Waals surface area contributed by atoms with Gasteiger partial charge in [-0.25, -0.2) is 4.79 Å². The van der Waals surface area contributed by atoms with Crippen molar-refractivity contribution in [3.8, 4) is 11.5 Å². The number of carbonyl (C=O) groups excluding carboxylic acids is 2. The quantitative estimate of drug-likeness (QED) is 0.893. The number of rotatable bonds is 2. The van der Waals surface area contributed by atoms with E-state index in [2.05, 4.69) is 10.6 Å². The molecular formula is C16H14N2O4. The Kier molecular flexibility index (Phi) is 3.91. The molecule has 0 unspecified atom stereocenters. The van der Waals surface area contributed by atoms with Crippen molar-refractivity contribution < 1.29 is 19.1 Å². The normalized spacial score (nSPS) is 13.2. The molecule has 0 spiro atoms. The molecule has 2 aromatic carbocycles. The zero-order chi connectivity index (χ0) is 15.4. The average Bonchev–Trinajstić information content (AvgIpc) is 2.68. The molecule has 0 saturated carbocycles. The molecule has 2 aromatic rings. The highest BCUT2D eigenvalue weighted by atomic mass is 16.6. The Morgan fingerprint density at radius 1 is 1.18 bits per heavy atom. The first-order valence-electron chi connectivity index (χ1n) is 6.81. The molecule has 2 N–H and O–H groups in total. The SMILES string of the molecule is O=C1CCOc2ccc(NC(=O)Oc3ccccc3)cc2N1. The minimum Gasteiger partial charge on any atom is -0.491 e. The number of anilines is 2. The van der Waals surface area contributed by atoms with Gasteiger partial charge in [-0.3, -0.25) is 10.1 Å². The van der Waals surface area contributed by atoms with E-state index in [0.29, 0.717) is 35.9 Å². The number of amides is 2. The predicted octanol–water partition coefficient (Wildman–Crippen LogP) is 3.02. The molecule has 0 aromatic heterocycles. The summed E-state index contributed by atoms with van der Waals surface area (Å²) in [5, 5.41) is 5.34. The minimum atomic E-state index is -0.605. The maximum absolute atomic E-state index is 11.8. The summed E-state index contributed by atoms with van der Waals surface area (Å²) < 4.78 is 10.6. The Morgan fingerprint density at radius 2 is 2.00 bits per heavy atom. The van der Waals surface area contributed by atoms with E-state index < -0.39 is 6.09 Å². The maximum Gasteiger partial charge on any atom is 0.417 e. The standard InChI is InChI=1S/C16H14N2O4/c19-15-8-9-21-14-7-6-11(10-13(14)18-15)17-16(20)22-12-4-2-1-3-5-12/h1-7,10H,8-9H2,(H,17,20)(H,18,19). The van der Waals surface area contributed by atoms with Gasteiger partial charge in [0.1, 0.15) is 11.5 Å². The number of carbonyl (C=O) groups is 2. The Morgan fingerprint density at radius 3 is 2.82 bits per heavy atom. The van der Waals surface area contributed by atoms with Crippen molar-refractivity contribution in [2.24, 2.45) is 0 Å². The third-order valence-electron chi connectivity index (χ3n) is 3.04. The Labute approximate surface area is 127 Å². The zero-order valence-corrected chi connectivity index (χ0v) is 11.7. The lowest BCUT2D eigenvalue weighted by Crippen LogP contribution is -2.17. The fourth-order valence-corrected chi connectivity index (χ4v) is 2.04. The van der Waals surface area contributed by atoms with Gasteiger partial charge in [-0.1, -0.05) is 18.2 Å². The van der Waals surface area contributed by atoms with Crippen LogP contribution >= 0.6 is 0 Å². The van der Waals surface area contributed by atoms with Gasteiger partial charge in [-0.2, -0.15) is 0 Å². The molecule has 3 rings (SSSR count). The van der Waals surface area contributed by atoms with Gasteiger partial charge in [-0.15, -0.1) is 0 Å². The van der Waals surface area contributed by atoms with Crippen molar-refractivity contribution >= 4 is 23.4 Å². The summed E-state index contributed by atoms with van der Waals surface area (Å²) in [5.41, 5.74) is 1.03. The molecule has 1 heterocycles. The van der Waals surface area contributed by atoms with Gasteiger partial charge in [0.25, 0.3) is 0 Å². The molecule has 6 heteroatoms. The fraction of sp³-hybridized carbons (Fsp3) is 0.125. The predicted molar refractivity (Wildman–Crippen MR) is 81.3 cm³/mol. The van der Waals surface area contributed by atoms with Crippen LogP contribution in [-0.2, 0) is 4.79 Å². The Balaban J connectivity index is 1.70. The van der Waals surface area contributed by atoms with Gasteiger partial charge in [0.2, 0.25) is 5.91 Å². The van der Waals surface area contributed by atoms with Crippen LogP contribution in [0.15, 0.2) is 48.5 Å². The van der Waals surface area contributed by atoms with Gasteiger partial charge >= 0.3 is 6.09 Å². The third kappa shape index (κ3) is 3.35. The second-order valence-corrected chi connectivity index (χ2v) is 4.69. The van der Waals surface area contributed by atoms with E-state index in [-0.39, 0.29) is 5.91 Å². The number of nitrogens with one attached hydrogen (secondary N) is 2. The molecule has 6 nitrogen and oxygen atoms in total. The molecule has 0 bridgehead atoms. The molecule has 2 amide bonds. The fourth-order valence-electron chi connectivity index (χ4n) is 2.04. The van der Waals surface area contributed by atoms with Crippen LogP contribution in [-0.4, -0.2) is 18.6 Å². The van der Waals surface area contributed by atoms with E-state index in [1.54, 1.807) is 42.5 Å². The lowest BCUT2D eigenvalue weighted by Gasteiger charge is -2.10. The minimum absolute atomic E-state index is 0.122. The molecule has 22 heavy (non-hydrogen) atoms. The highest BCUT2D eigenvalue weighted by Crippen LogP contribution is 2.30. The molecule has 0 aliphatic carbocycles. The van der Waals surface area contributed by atoms with Crippen LogP contribution < -0.4 is 20.1 Å². The molecule has 1 aliphatic heterocycles. The number of benzene rings is 2. The molecular weight excluding hydrogens is 284 g/mol. The van der Waals surface area contributed by atoms with Gasteiger partial charge in [-0.05, 0) is 30.3 Å². The molecule has 112 valence electrons. The summed E-state index contributed by atoms with van der Waals surface area (Å²) in [4.78, 5) is 23.3. The lowest BCUT2D eigenvalue weighted by atomic mass is 10.2. The largest absolute Gasteiger partial charge is 0.491 e. The molecule has 0 atom stereocenters. The van der Waals surface area contributed by atoms with Gasteiger partial charge in [0.15, 0.2) is 0 Å². The summed E-state index contributed by atoms with van der Waals surface area (Å²) >= 11 is 0. The highest BCUT2D eigenvalue weighted by Gasteiger charge is 2.15. The van der Waals surface area contributed by atoms with Crippen LogP contribution in [0.5, 0.6) is 11.5 Å². The first-order chi connectivity index (χ1) is 10.7. The van der Waals surface area contributed by atoms with Crippen LogP contribution in [0, 0.1) is 0 Å². The topological polar surface area (TPSA) is 76.7 Å². The van der Waals surface area contributed by atoms with E-state index >= 15 is 0 Å². The first-order valence-corrected chi connectivity index (χ1v) is 6.81. The van der Waals surface area contributed by atoms with E-state index in [9.17, 15) is 9.59 Å². The van der Waals surface area contributed by atoms with Gasteiger partial charge < -0.3 is 14.8 Å². The van der Waals surface area contributed by atoms with Crippen LogP contribution in [0.3, 0.4) is 0 Å². The lowest BCUT2D eigenvalue weighted by molar-refractivity contribution is -0.116.